The van der Waals surface area contributed by atoms with Crippen molar-refractivity contribution in [1.82, 2.24) is 0 Å². The van der Waals surface area contributed by atoms with E-state index in [9.17, 15) is 9.59 Å². The Morgan fingerprint density at radius 1 is 0.840 bits per heavy atom. The molecular formula is C17H16CrO7+6. The van der Waals surface area contributed by atoms with Crippen LogP contribution in [-0.2, 0) is 63.2 Å². The van der Waals surface area contributed by atoms with Crippen LogP contribution in [0.5, 0.6) is 0 Å². The number of methoxy groups -OCH3 is 2. The van der Waals surface area contributed by atoms with Gasteiger partial charge in [-0.15, -0.1) is 0 Å². The van der Waals surface area contributed by atoms with Gasteiger partial charge >= 0.3 is 63.2 Å². The van der Waals surface area contributed by atoms with Gasteiger partial charge in [0.05, 0.1) is 26.1 Å². The van der Waals surface area contributed by atoms with Crippen LogP contribution in [0.15, 0.2) is 24.3 Å². The largest absolute Gasteiger partial charge is 6.00 e. The summed E-state index contributed by atoms with van der Waals surface area (Å²) in [5.41, 5.74) is 2.21. The standard InChI is InChI=1S/C14H16O4.3CO.Cr/c1-17-13(15)11-7-9-5-3-4-6-10(9)8-12(11)14(16)18-2;3*1-2;/h3-6,11-12H,7-8H2,1-2H3;;;;/q;;;;+6. The van der Waals surface area contributed by atoms with Gasteiger partial charge in [0, 0.05) is 0 Å². The molecule has 0 N–H and O–H groups in total. The second-order valence-electron chi connectivity index (χ2n) is 4.44. The third-order valence-corrected chi connectivity index (χ3v) is 3.49. The van der Waals surface area contributed by atoms with E-state index in [0.29, 0.717) is 12.8 Å². The van der Waals surface area contributed by atoms with E-state index in [-0.39, 0.29) is 29.3 Å². The summed E-state index contributed by atoms with van der Waals surface area (Å²) in [7, 11) is 2.69. The fourth-order valence-corrected chi connectivity index (χ4v) is 2.51. The van der Waals surface area contributed by atoms with Crippen LogP contribution >= 0.6 is 0 Å². The van der Waals surface area contributed by atoms with Crippen LogP contribution in [-0.4, -0.2) is 26.2 Å². The van der Waals surface area contributed by atoms with E-state index in [1.54, 1.807) is 0 Å². The normalized spacial score (nSPS) is 16.0. The zero-order valence-corrected chi connectivity index (χ0v) is 14.9. The predicted molar refractivity (Wildman–Crippen MR) is 76.7 cm³/mol. The van der Waals surface area contributed by atoms with E-state index in [1.165, 1.54) is 14.2 Å². The molecule has 1 aliphatic carbocycles. The van der Waals surface area contributed by atoms with Gasteiger partial charge in [0.2, 0.25) is 0 Å². The van der Waals surface area contributed by atoms with E-state index in [2.05, 4.69) is 20.0 Å². The molecule has 0 radical (unpaired) electrons. The van der Waals surface area contributed by atoms with E-state index in [0.717, 1.165) is 11.1 Å². The Morgan fingerprint density at radius 3 is 1.36 bits per heavy atom. The first-order chi connectivity index (χ1) is 11.7. The van der Waals surface area contributed by atoms with E-state index < -0.39 is 11.8 Å². The van der Waals surface area contributed by atoms with Crippen LogP contribution in [0.3, 0.4) is 0 Å². The third-order valence-electron chi connectivity index (χ3n) is 3.49. The second-order valence-corrected chi connectivity index (χ2v) is 4.44. The molecule has 2 rings (SSSR count). The van der Waals surface area contributed by atoms with Crippen molar-refractivity contribution in [3.05, 3.63) is 55.3 Å². The average Bonchev–Trinajstić information content (AvgIpc) is 2.70. The van der Waals surface area contributed by atoms with Gasteiger partial charge in [-0.25, -0.2) is 0 Å². The van der Waals surface area contributed by atoms with E-state index in [1.807, 2.05) is 24.3 Å². The Kier molecular flexibility index (Phi) is 18.6. The summed E-state index contributed by atoms with van der Waals surface area (Å²) in [6.45, 7) is 13.5. The Bertz CT molecular complexity index is 535. The molecule has 0 saturated heterocycles. The number of ether oxygens (including phenoxy) is 2. The minimum Gasteiger partial charge on any atom is 6.00 e. The third kappa shape index (κ3) is 8.02. The zero-order valence-electron chi connectivity index (χ0n) is 13.6. The van der Waals surface area contributed by atoms with Crippen molar-refractivity contribution in [3.8, 4) is 0 Å². The molecule has 25 heavy (non-hydrogen) atoms. The number of esters is 2. The molecule has 2 unspecified atom stereocenters. The fraction of sp³-hybridized carbons (Fsp3) is 0.353. The molecule has 0 heterocycles. The van der Waals surface area contributed by atoms with Gasteiger partial charge in [-0.2, -0.15) is 0 Å². The quantitative estimate of drug-likeness (QED) is 0.434. The molecule has 1 aromatic carbocycles. The van der Waals surface area contributed by atoms with Crippen molar-refractivity contribution >= 4 is 11.9 Å². The molecule has 0 spiro atoms. The van der Waals surface area contributed by atoms with Crippen molar-refractivity contribution in [2.24, 2.45) is 11.8 Å². The second kappa shape index (κ2) is 16.8. The van der Waals surface area contributed by atoms with Crippen LogP contribution in [0, 0.1) is 31.8 Å². The number of benzene rings is 1. The van der Waals surface area contributed by atoms with Crippen LogP contribution in [0.1, 0.15) is 11.1 Å². The van der Waals surface area contributed by atoms with Crippen LogP contribution in [0.4, 0.5) is 0 Å². The molecule has 2 atom stereocenters. The van der Waals surface area contributed by atoms with Gasteiger partial charge in [-0.05, 0) is 24.0 Å². The maximum Gasteiger partial charge on any atom is 6.00 e. The summed E-state index contributed by atoms with van der Waals surface area (Å²) >= 11 is 0. The Labute approximate surface area is 157 Å². The Balaban J connectivity index is -0.000000626. The van der Waals surface area contributed by atoms with Gasteiger partial charge < -0.3 is 9.47 Å². The number of hydrogen-bond acceptors (Lipinski definition) is 4. The van der Waals surface area contributed by atoms with Crippen molar-refractivity contribution in [1.29, 1.82) is 0 Å². The molecule has 0 amide bonds. The van der Waals surface area contributed by atoms with Gasteiger partial charge in [-0.1, -0.05) is 24.3 Å². The maximum atomic E-state index is 11.8. The Morgan fingerprint density at radius 2 is 1.12 bits per heavy atom. The first-order valence-corrected chi connectivity index (χ1v) is 6.51. The number of hydrogen-bond donors (Lipinski definition) is 0. The van der Waals surface area contributed by atoms with E-state index in [4.69, 9.17) is 23.4 Å². The minimum atomic E-state index is -0.447. The monoisotopic (exact) mass is 384 g/mol. The molecule has 0 saturated carbocycles. The topological polar surface area (TPSA) is 112 Å². The maximum absolute atomic E-state index is 11.8. The number of carbonyl (C=O) groups excluding carboxylic acids is 2. The first-order valence-electron chi connectivity index (χ1n) is 6.51. The molecule has 1 aliphatic rings. The van der Waals surface area contributed by atoms with Crippen LogP contribution in [0.25, 0.3) is 0 Å². The summed E-state index contributed by atoms with van der Waals surface area (Å²) in [5, 5.41) is 0. The molecule has 0 fully saturated rings. The molecule has 8 heteroatoms. The molecular weight excluding hydrogens is 368 g/mol. The van der Waals surface area contributed by atoms with E-state index >= 15 is 0 Å². The smallest absolute Gasteiger partial charge is 6.00 e. The molecule has 0 aliphatic heterocycles. The van der Waals surface area contributed by atoms with Gasteiger partial charge in [0.15, 0.2) is 0 Å². The average molecular weight is 384 g/mol. The van der Waals surface area contributed by atoms with Gasteiger partial charge in [0.1, 0.15) is 0 Å². The first kappa shape index (κ1) is 27.7. The molecule has 0 bridgehead atoms. The van der Waals surface area contributed by atoms with Gasteiger partial charge in [-0.3, -0.25) is 9.59 Å². The molecule has 1 aromatic rings. The predicted octanol–water partition coefficient (Wildman–Crippen LogP) is 1.25. The van der Waals surface area contributed by atoms with Crippen molar-refractivity contribution in [2.45, 2.75) is 12.8 Å². The SMILES string of the molecule is COC(=O)C1Cc2ccccc2CC1C(=O)OC.[C-]#[O+].[C-]#[O+].[C-]#[O+].[Cr+6]. The van der Waals surface area contributed by atoms with Crippen molar-refractivity contribution in [3.63, 3.8) is 0 Å². The van der Waals surface area contributed by atoms with Crippen molar-refractivity contribution in [2.75, 3.05) is 14.2 Å². The van der Waals surface area contributed by atoms with Crippen molar-refractivity contribution < 1.29 is 50.4 Å². The summed E-state index contributed by atoms with van der Waals surface area (Å²) in [5.74, 6) is -1.59. The number of carbonyl (C=O) groups is 2. The fourth-order valence-electron chi connectivity index (χ4n) is 2.51. The summed E-state index contributed by atoms with van der Waals surface area (Å²) in [4.78, 5) is 23.6. The summed E-state index contributed by atoms with van der Waals surface area (Å²) < 4.78 is 32.1. The molecule has 126 valence electrons. The van der Waals surface area contributed by atoms with Crippen LogP contribution in [0.2, 0.25) is 0 Å². The summed E-state index contributed by atoms with van der Waals surface area (Å²) in [6, 6.07) is 7.84. The number of rotatable bonds is 2. The Hall–Kier alpha value is -2.09. The molecule has 7 nitrogen and oxygen atoms in total. The number of fused-ring (bicyclic) bond motifs is 1. The zero-order chi connectivity index (χ0) is 19.1. The molecule has 0 aromatic heterocycles. The van der Waals surface area contributed by atoms with Crippen LogP contribution < -0.4 is 0 Å². The summed E-state index contributed by atoms with van der Waals surface area (Å²) in [6.07, 6.45) is 1.06. The minimum absolute atomic E-state index is 0. The van der Waals surface area contributed by atoms with Gasteiger partial charge in [0.25, 0.3) is 0 Å².